The SMILES string of the molecule is C=CC(=O)N1CCC=C(c2c(C3CC3)nc(N3CCN(C(=O)CCO)[C@H](C(C)C)C3)c(C#N)c2C)C1. The Bertz CT molecular complexity index is 1120. The minimum Gasteiger partial charge on any atom is -0.396 e. The highest BCUT2D eigenvalue weighted by Gasteiger charge is 2.37. The van der Waals surface area contributed by atoms with Gasteiger partial charge in [-0.3, -0.25) is 9.59 Å². The van der Waals surface area contributed by atoms with Gasteiger partial charge in [0.1, 0.15) is 11.9 Å². The molecule has 2 amide bonds. The van der Waals surface area contributed by atoms with Gasteiger partial charge in [0, 0.05) is 50.6 Å². The summed E-state index contributed by atoms with van der Waals surface area (Å²) in [5, 5.41) is 19.5. The lowest BCUT2D eigenvalue weighted by Gasteiger charge is -2.44. The summed E-state index contributed by atoms with van der Waals surface area (Å²) >= 11 is 0. The number of piperazine rings is 1. The third-order valence-electron chi connectivity index (χ3n) is 7.62. The Morgan fingerprint density at radius 1 is 1.31 bits per heavy atom. The molecular formula is C28H37N5O3. The van der Waals surface area contributed by atoms with Crippen molar-refractivity contribution in [2.24, 2.45) is 5.92 Å². The number of aliphatic hydroxyl groups excluding tert-OH is 1. The molecule has 1 saturated carbocycles. The van der Waals surface area contributed by atoms with Crippen molar-refractivity contribution in [3.8, 4) is 6.07 Å². The molecule has 36 heavy (non-hydrogen) atoms. The van der Waals surface area contributed by atoms with E-state index in [-0.39, 0.29) is 36.8 Å². The molecule has 0 unspecified atom stereocenters. The predicted molar refractivity (Wildman–Crippen MR) is 139 cm³/mol. The lowest BCUT2D eigenvalue weighted by atomic mass is 9.90. The van der Waals surface area contributed by atoms with Gasteiger partial charge < -0.3 is 19.8 Å². The molecule has 2 aliphatic heterocycles. The van der Waals surface area contributed by atoms with Gasteiger partial charge in [0.25, 0.3) is 0 Å². The fourth-order valence-electron chi connectivity index (χ4n) is 5.49. The van der Waals surface area contributed by atoms with Crippen LogP contribution >= 0.6 is 0 Å². The number of rotatable bonds is 7. The lowest BCUT2D eigenvalue weighted by molar-refractivity contribution is -0.135. The Kier molecular flexibility index (Phi) is 7.79. The average Bonchev–Trinajstić information content (AvgIpc) is 3.73. The summed E-state index contributed by atoms with van der Waals surface area (Å²) in [6.45, 7) is 12.6. The number of aliphatic hydroxyl groups is 1. The fourth-order valence-corrected chi connectivity index (χ4v) is 5.49. The van der Waals surface area contributed by atoms with Crippen LogP contribution in [0, 0.1) is 24.2 Å². The van der Waals surface area contributed by atoms with Gasteiger partial charge in [-0.15, -0.1) is 0 Å². The van der Waals surface area contributed by atoms with Crippen LogP contribution in [0.2, 0.25) is 0 Å². The Balaban J connectivity index is 1.72. The number of pyridine rings is 1. The number of hydrogen-bond acceptors (Lipinski definition) is 6. The predicted octanol–water partition coefficient (Wildman–Crippen LogP) is 3.00. The second-order valence-corrected chi connectivity index (χ2v) is 10.4. The maximum Gasteiger partial charge on any atom is 0.246 e. The highest BCUT2D eigenvalue weighted by atomic mass is 16.3. The molecule has 1 atom stereocenters. The van der Waals surface area contributed by atoms with Crippen molar-refractivity contribution >= 4 is 23.2 Å². The molecule has 8 nitrogen and oxygen atoms in total. The maximum atomic E-state index is 12.6. The number of nitriles is 1. The summed E-state index contributed by atoms with van der Waals surface area (Å²) in [7, 11) is 0. The van der Waals surface area contributed by atoms with Crippen LogP contribution in [0.25, 0.3) is 5.57 Å². The summed E-state index contributed by atoms with van der Waals surface area (Å²) in [4.78, 5) is 35.9. The van der Waals surface area contributed by atoms with Crippen molar-refractivity contribution in [3.05, 3.63) is 41.1 Å². The highest BCUT2D eigenvalue weighted by molar-refractivity contribution is 5.89. The van der Waals surface area contributed by atoms with Gasteiger partial charge in [-0.05, 0) is 49.3 Å². The molecule has 0 bridgehead atoms. The first-order valence-corrected chi connectivity index (χ1v) is 13.0. The first-order valence-electron chi connectivity index (χ1n) is 13.0. The number of amides is 2. The molecule has 1 aliphatic carbocycles. The van der Waals surface area contributed by atoms with E-state index in [1.54, 1.807) is 4.90 Å². The van der Waals surface area contributed by atoms with E-state index in [0.29, 0.717) is 50.0 Å². The molecule has 1 aromatic heterocycles. The topological polar surface area (TPSA) is 101 Å². The van der Waals surface area contributed by atoms with Crippen molar-refractivity contribution in [2.75, 3.05) is 44.2 Å². The summed E-state index contributed by atoms with van der Waals surface area (Å²) < 4.78 is 0. The van der Waals surface area contributed by atoms with E-state index < -0.39 is 0 Å². The van der Waals surface area contributed by atoms with Gasteiger partial charge in [-0.25, -0.2) is 4.98 Å². The molecule has 192 valence electrons. The summed E-state index contributed by atoms with van der Waals surface area (Å²) in [5.74, 6) is 1.19. The van der Waals surface area contributed by atoms with E-state index in [1.807, 2.05) is 11.8 Å². The zero-order valence-corrected chi connectivity index (χ0v) is 21.7. The first-order chi connectivity index (χ1) is 17.3. The van der Waals surface area contributed by atoms with Crippen molar-refractivity contribution < 1.29 is 14.7 Å². The quantitative estimate of drug-likeness (QED) is 0.589. The first kappa shape index (κ1) is 25.9. The summed E-state index contributed by atoms with van der Waals surface area (Å²) in [6.07, 6.45) is 6.59. The number of hydrogen-bond donors (Lipinski definition) is 1. The van der Waals surface area contributed by atoms with Crippen LogP contribution in [-0.2, 0) is 9.59 Å². The summed E-state index contributed by atoms with van der Waals surface area (Å²) in [6, 6.07) is 2.41. The van der Waals surface area contributed by atoms with Crippen molar-refractivity contribution in [3.63, 3.8) is 0 Å². The number of carbonyl (C=O) groups excluding carboxylic acids is 2. The van der Waals surface area contributed by atoms with Crippen LogP contribution in [0.15, 0.2) is 18.7 Å². The molecule has 1 saturated heterocycles. The molecule has 0 radical (unpaired) electrons. The largest absolute Gasteiger partial charge is 0.396 e. The van der Waals surface area contributed by atoms with Crippen LogP contribution < -0.4 is 4.90 Å². The van der Waals surface area contributed by atoms with Crippen molar-refractivity contribution in [1.29, 1.82) is 5.26 Å². The zero-order chi connectivity index (χ0) is 26.0. The minimum atomic E-state index is -0.152. The highest BCUT2D eigenvalue weighted by Crippen LogP contribution is 2.45. The molecule has 3 aliphatic rings. The smallest absolute Gasteiger partial charge is 0.246 e. The maximum absolute atomic E-state index is 12.6. The van der Waals surface area contributed by atoms with Crippen LogP contribution in [0.4, 0.5) is 5.82 Å². The lowest BCUT2D eigenvalue weighted by Crippen LogP contribution is -2.57. The second kappa shape index (κ2) is 10.8. The van der Waals surface area contributed by atoms with E-state index in [9.17, 15) is 20.0 Å². The monoisotopic (exact) mass is 491 g/mol. The van der Waals surface area contributed by atoms with Crippen LogP contribution in [-0.4, -0.2) is 77.1 Å². The second-order valence-electron chi connectivity index (χ2n) is 10.4. The Morgan fingerprint density at radius 3 is 2.67 bits per heavy atom. The van der Waals surface area contributed by atoms with E-state index in [4.69, 9.17) is 4.98 Å². The molecular weight excluding hydrogens is 454 g/mol. The van der Waals surface area contributed by atoms with Gasteiger partial charge in [-0.2, -0.15) is 5.26 Å². The molecule has 2 fully saturated rings. The summed E-state index contributed by atoms with van der Waals surface area (Å²) in [5.41, 5.74) is 4.60. The third-order valence-corrected chi connectivity index (χ3v) is 7.62. The Hall–Kier alpha value is -3.18. The molecule has 1 aromatic rings. The van der Waals surface area contributed by atoms with E-state index in [1.165, 1.54) is 6.08 Å². The standard InChI is InChI=1S/C28H37N5O3/c1-5-24(35)31-11-6-7-21(16-31)26-19(4)22(15-29)28(30-27(26)20-8-9-20)32-12-13-33(25(36)10-14-34)23(17-32)18(2)3/h5,7,18,20,23,34H,1,6,8-14,16-17H2,2-4H3/t23-/m0/s1. The third kappa shape index (κ3) is 5.03. The normalized spacial score (nSPS) is 20.3. The van der Waals surface area contributed by atoms with Gasteiger partial charge in [0.15, 0.2) is 0 Å². The van der Waals surface area contributed by atoms with E-state index in [2.05, 4.69) is 37.5 Å². The number of anilines is 1. The molecule has 0 spiro atoms. The zero-order valence-electron chi connectivity index (χ0n) is 21.7. The van der Waals surface area contributed by atoms with Crippen molar-refractivity contribution in [2.45, 2.75) is 58.4 Å². The molecule has 0 aromatic carbocycles. The van der Waals surface area contributed by atoms with E-state index in [0.717, 1.165) is 41.7 Å². The van der Waals surface area contributed by atoms with Gasteiger partial charge in [0.05, 0.1) is 23.9 Å². The molecule has 4 rings (SSSR count). The van der Waals surface area contributed by atoms with Gasteiger partial charge >= 0.3 is 0 Å². The van der Waals surface area contributed by atoms with Crippen LogP contribution in [0.3, 0.4) is 0 Å². The van der Waals surface area contributed by atoms with Crippen LogP contribution in [0.1, 0.15) is 67.8 Å². The molecule has 8 heteroatoms. The van der Waals surface area contributed by atoms with Crippen molar-refractivity contribution in [1.82, 2.24) is 14.8 Å². The number of nitrogens with zero attached hydrogens (tertiary/aromatic N) is 5. The molecule has 3 heterocycles. The Labute approximate surface area is 213 Å². The van der Waals surface area contributed by atoms with Gasteiger partial charge in [0.2, 0.25) is 11.8 Å². The average molecular weight is 492 g/mol. The number of aromatic nitrogens is 1. The Morgan fingerprint density at radius 2 is 2.06 bits per heavy atom. The number of carbonyl (C=O) groups is 2. The van der Waals surface area contributed by atoms with Crippen LogP contribution in [0.5, 0.6) is 0 Å². The van der Waals surface area contributed by atoms with E-state index >= 15 is 0 Å². The molecule has 1 N–H and O–H groups in total. The van der Waals surface area contributed by atoms with Gasteiger partial charge in [-0.1, -0.05) is 26.5 Å². The minimum absolute atomic E-state index is 0.0185. The fraction of sp³-hybridized carbons (Fsp3) is 0.571.